The molecule has 1 aliphatic rings. The van der Waals surface area contributed by atoms with Gasteiger partial charge in [-0.2, -0.15) is 15.6 Å². The van der Waals surface area contributed by atoms with E-state index in [0.717, 1.165) is 26.2 Å². The summed E-state index contributed by atoms with van der Waals surface area (Å²) in [6.45, 7) is 3.79. The van der Waals surface area contributed by atoms with Gasteiger partial charge in [-0.15, -0.1) is 0 Å². The van der Waals surface area contributed by atoms with Crippen molar-refractivity contribution in [3.63, 3.8) is 0 Å². The van der Waals surface area contributed by atoms with Gasteiger partial charge in [0.2, 0.25) is 0 Å². The van der Waals surface area contributed by atoms with E-state index in [2.05, 4.69) is 22.1 Å². The van der Waals surface area contributed by atoms with Crippen LogP contribution in [0.4, 0.5) is 0 Å². The van der Waals surface area contributed by atoms with Crippen LogP contribution in [0.25, 0.3) is 0 Å². The van der Waals surface area contributed by atoms with Crippen molar-refractivity contribution in [2.75, 3.05) is 26.2 Å². The zero-order chi connectivity index (χ0) is 14.2. The molecule has 0 aliphatic carbocycles. The molecule has 0 saturated carbocycles. The van der Waals surface area contributed by atoms with E-state index in [9.17, 15) is 0 Å². The Bertz CT molecular complexity index is 473. The minimum absolute atomic E-state index is 0.0712. The summed E-state index contributed by atoms with van der Waals surface area (Å²) in [7, 11) is 0. The third-order valence-corrected chi connectivity index (χ3v) is 3.44. The molecule has 0 spiro atoms. The topological polar surface area (TPSA) is 77.9 Å². The molecule has 1 fully saturated rings. The monoisotopic (exact) mass is 273 g/mol. The second-order valence-electron chi connectivity index (χ2n) is 5.00. The Kier molecular flexibility index (Phi) is 5.55. The number of rotatable bonds is 6. The molecule has 6 nitrogen and oxygen atoms in total. The first-order chi connectivity index (χ1) is 9.81. The van der Waals surface area contributed by atoms with Crippen LogP contribution in [0.2, 0.25) is 0 Å². The molecule has 0 bridgehead atoms. The van der Waals surface area contributed by atoms with Crippen LogP contribution < -0.4 is 0 Å². The molecule has 0 radical (unpaired) electrons. The maximum atomic E-state index is 9.13. The highest BCUT2D eigenvalue weighted by Crippen LogP contribution is 2.12. The molecule has 0 aromatic carbocycles. The van der Waals surface area contributed by atoms with E-state index in [1.807, 2.05) is 16.9 Å². The Morgan fingerprint density at radius 1 is 1.45 bits per heavy atom. The zero-order valence-corrected chi connectivity index (χ0v) is 11.5. The van der Waals surface area contributed by atoms with Gasteiger partial charge in [-0.05, 0) is 12.5 Å². The molecule has 0 unspecified atom stereocenters. The van der Waals surface area contributed by atoms with Crippen LogP contribution in [0.15, 0.2) is 18.5 Å². The fourth-order valence-electron chi connectivity index (χ4n) is 2.42. The van der Waals surface area contributed by atoms with Gasteiger partial charge in [0, 0.05) is 38.4 Å². The molecule has 2 atom stereocenters. The van der Waals surface area contributed by atoms with E-state index in [0.29, 0.717) is 19.4 Å². The van der Waals surface area contributed by atoms with Gasteiger partial charge >= 0.3 is 0 Å². The van der Waals surface area contributed by atoms with Gasteiger partial charge in [0.1, 0.15) is 0 Å². The SMILES string of the molecule is N#CCC[C@@H](C#N)CN1CCO[C@@H](Cn2cccn2)C1. The molecular weight excluding hydrogens is 254 g/mol. The lowest BCUT2D eigenvalue weighted by Gasteiger charge is -2.33. The molecular formula is C14H19N5O. The van der Waals surface area contributed by atoms with Crippen molar-refractivity contribution in [1.82, 2.24) is 14.7 Å². The highest BCUT2D eigenvalue weighted by atomic mass is 16.5. The predicted molar refractivity (Wildman–Crippen MR) is 72.4 cm³/mol. The maximum absolute atomic E-state index is 9.13. The summed E-state index contributed by atoms with van der Waals surface area (Å²) in [4.78, 5) is 2.25. The third-order valence-electron chi connectivity index (χ3n) is 3.44. The molecule has 106 valence electrons. The summed E-state index contributed by atoms with van der Waals surface area (Å²) in [5.41, 5.74) is 0. The second-order valence-corrected chi connectivity index (χ2v) is 5.00. The minimum atomic E-state index is -0.0712. The summed E-state index contributed by atoms with van der Waals surface area (Å²) in [6.07, 6.45) is 4.88. The Balaban J connectivity index is 1.81. The van der Waals surface area contributed by atoms with Gasteiger partial charge in [-0.3, -0.25) is 9.58 Å². The molecule has 6 heteroatoms. The molecule has 0 N–H and O–H groups in total. The van der Waals surface area contributed by atoms with E-state index in [1.54, 1.807) is 6.20 Å². The van der Waals surface area contributed by atoms with Crippen molar-refractivity contribution < 1.29 is 4.74 Å². The van der Waals surface area contributed by atoms with Crippen LogP contribution in [0.1, 0.15) is 12.8 Å². The second kappa shape index (κ2) is 7.64. The summed E-state index contributed by atoms with van der Waals surface area (Å²) in [5.74, 6) is -0.0712. The normalized spacial score (nSPS) is 21.0. The van der Waals surface area contributed by atoms with Crippen molar-refractivity contribution >= 4 is 0 Å². The Morgan fingerprint density at radius 2 is 2.35 bits per heavy atom. The maximum Gasteiger partial charge on any atom is 0.0898 e. The van der Waals surface area contributed by atoms with Crippen molar-refractivity contribution in [2.24, 2.45) is 5.92 Å². The fraction of sp³-hybridized carbons (Fsp3) is 0.643. The van der Waals surface area contributed by atoms with Crippen LogP contribution in [-0.4, -0.2) is 47.0 Å². The van der Waals surface area contributed by atoms with Gasteiger partial charge in [-0.25, -0.2) is 0 Å². The molecule has 1 aliphatic heterocycles. The van der Waals surface area contributed by atoms with Crippen LogP contribution in [0.3, 0.4) is 0 Å². The van der Waals surface area contributed by atoms with Crippen LogP contribution in [-0.2, 0) is 11.3 Å². The number of hydrogen-bond donors (Lipinski definition) is 0. The Morgan fingerprint density at radius 3 is 3.05 bits per heavy atom. The standard InChI is InChI=1S/C14H19N5O/c15-4-1-3-13(9-16)10-18-7-8-20-14(11-18)12-19-6-2-5-17-19/h2,5-6,13-14H,1,3,7-8,10-12H2/t13-,14+/m0/s1. The van der Waals surface area contributed by atoms with Gasteiger partial charge in [-0.1, -0.05) is 0 Å². The van der Waals surface area contributed by atoms with E-state index >= 15 is 0 Å². The van der Waals surface area contributed by atoms with E-state index in [4.69, 9.17) is 15.3 Å². The Labute approximate surface area is 119 Å². The predicted octanol–water partition coefficient (Wildman–Crippen LogP) is 1.03. The quantitative estimate of drug-likeness (QED) is 0.773. The smallest absolute Gasteiger partial charge is 0.0898 e. The van der Waals surface area contributed by atoms with Crippen molar-refractivity contribution in [1.29, 1.82) is 10.5 Å². The number of ether oxygens (including phenoxy) is 1. The van der Waals surface area contributed by atoms with Gasteiger partial charge in [0.25, 0.3) is 0 Å². The van der Waals surface area contributed by atoms with Crippen molar-refractivity contribution in [2.45, 2.75) is 25.5 Å². The lowest BCUT2D eigenvalue weighted by Crippen LogP contribution is -2.45. The number of aromatic nitrogens is 2. The molecule has 1 aromatic rings. The average Bonchev–Trinajstić information content (AvgIpc) is 2.96. The van der Waals surface area contributed by atoms with Gasteiger partial charge in [0.15, 0.2) is 0 Å². The number of morpholine rings is 1. The van der Waals surface area contributed by atoms with E-state index in [1.165, 1.54) is 0 Å². The summed E-state index contributed by atoms with van der Waals surface area (Å²) in [5, 5.41) is 21.9. The highest BCUT2D eigenvalue weighted by Gasteiger charge is 2.23. The first-order valence-corrected chi connectivity index (χ1v) is 6.89. The lowest BCUT2D eigenvalue weighted by atomic mass is 10.0. The van der Waals surface area contributed by atoms with Crippen molar-refractivity contribution in [3.05, 3.63) is 18.5 Å². The van der Waals surface area contributed by atoms with E-state index in [-0.39, 0.29) is 12.0 Å². The molecule has 1 saturated heterocycles. The first kappa shape index (κ1) is 14.5. The minimum Gasteiger partial charge on any atom is -0.374 e. The van der Waals surface area contributed by atoms with Crippen LogP contribution in [0, 0.1) is 28.6 Å². The summed E-state index contributed by atoms with van der Waals surface area (Å²) in [6, 6.07) is 6.29. The first-order valence-electron chi connectivity index (χ1n) is 6.89. The van der Waals surface area contributed by atoms with Crippen LogP contribution in [0.5, 0.6) is 0 Å². The lowest BCUT2D eigenvalue weighted by molar-refractivity contribution is -0.0400. The summed E-state index contributed by atoms with van der Waals surface area (Å²) < 4.78 is 7.61. The molecule has 2 heterocycles. The highest BCUT2D eigenvalue weighted by molar-refractivity contribution is 4.89. The third kappa shape index (κ3) is 4.34. The van der Waals surface area contributed by atoms with Crippen molar-refractivity contribution in [3.8, 4) is 12.1 Å². The fourth-order valence-corrected chi connectivity index (χ4v) is 2.42. The number of nitriles is 2. The molecule has 20 heavy (non-hydrogen) atoms. The zero-order valence-electron chi connectivity index (χ0n) is 11.5. The van der Waals surface area contributed by atoms with Gasteiger partial charge in [0.05, 0.1) is 37.3 Å². The van der Waals surface area contributed by atoms with E-state index < -0.39 is 0 Å². The summed E-state index contributed by atoms with van der Waals surface area (Å²) >= 11 is 0. The number of hydrogen-bond acceptors (Lipinski definition) is 5. The molecule has 2 rings (SSSR count). The molecule has 0 amide bonds. The largest absolute Gasteiger partial charge is 0.374 e. The molecule has 1 aromatic heterocycles. The average molecular weight is 273 g/mol. The van der Waals surface area contributed by atoms with Crippen LogP contribution >= 0.6 is 0 Å². The Hall–Kier alpha value is -1.89. The van der Waals surface area contributed by atoms with Gasteiger partial charge < -0.3 is 4.74 Å². The number of nitrogens with zero attached hydrogens (tertiary/aromatic N) is 5.